The van der Waals surface area contributed by atoms with E-state index in [2.05, 4.69) is 53.9 Å². The van der Waals surface area contributed by atoms with Crippen LogP contribution in [0.25, 0.3) is 5.69 Å². The molecule has 0 N–H and O–H groups in total. The van der Waals surface area contributed by atoms with Gasteiger partial charge in [0, 0.05) is 17.8 Å². The first-order valence-corrected chi connectivity index (χ1v) is 6.38. The lowest BCUT2D eigenvalue weighted by atomic mass is 10.0. The van der Waals surface area contributed by atoms with Crippen LogP contribution in [0, 0.1) is 0 Å². The third-order valence-electron chi connectivity index (χ3n) is 3.46. The molecule has 0 radical (unpaired) electrons. The Morgan fingerprint density at radius 2 is 1.88 bits per heavy atom. The Hall–Kier alpha value is -1.57. The van der Waals surface area contributed by atoms with Crippen LogP contribution in [0.1, 0.15) is 49.8 Å². The molecule has 1 aromatic carbocycles. The van der Waals surface area contributed by atoms with Gasteiger partial charge in [0.1, 0.15) is 0 Å². The molecular formula is C15H18N2. The van der Waals surface area contributed by atoms with E-state index in [-0.39, 0.29) is 0 Å². The monoisotopic (exact) mass is 226 g/mol. The Kier molecular flexibility index (Phi) is 2.50. The van der Waals surface area contributed by atoms with Crippen molar-refractivity contribution in [2.45, 2.75) is 38.5 Å². The lowest BCUT2D eigenvalue weighted by Gasteiger charge is -2.07. The van der Waals surface area contributed by atoms with Crippen molar-refractivity contribution in [3.63, 3.8) is 0 Å². The molecule has 2 heteroatoms. The van der Waals surface area contributed by atoms with Gasteiger partial charge in [-0.05, 0) is 36.5 Å². The van der Waals surface area contributed by atoms with Gasteiger partial charge < -0.3 is 4.57 Å². The summed E-state index contributed by atoms with van der Waals surface area (Å²) in [7, 11) is 0. The van der Waals surface area contributed by atoms with E-state index in [1.165, 1.54) is 29.8 Å². The number of hydrogen-bond acceptors (Lipinski definition) is 1. The Bertz CT molecular complexity index is 504. The van der Waals surface area contributed by atoms with Crippen LogP contribution >= 0.6 is 0 Å². The van der Waals surface area contributed by atoms with Gasteiger partial charge in [0.2, 0.25) is 0 Å². The van der Waals surface area contributed by atoms with Crippen molar-refractivity contribution in [2.24, 2.45) is 0 Å². The first-order valence-electron chi connectivity index (χ1n) is 6.38. The highest BCUT2D eigenvalue weighted by Crippen LogP contribution is 2.39. The van der Waals surface area contributed by atoms with Crippen molar-refractivity contribution in [1.82, 2.24) is 9.55 Å². The van der Waals surface area contributed by atoms with Gasteiger partial charge in [-0.3, -0.25) is 0 Å². The molecule has 0 atom stereocenters. The van der Waals surface area contributed by atoms with Gasteiger partial charge in [-0.2, -0.15) is 0 Å². The number of rotatable bonds is 3. The molecule has 0 saturated heterocycles. The molecule has 0 aliphatic heterocycles. The molecule has 0 unspecified atom stereocenters. The highest BCUT2D eigenvalue weighted by Gasteiger charge is 2.25. The minimum Gasteiger partial charge on any atom is -0.306 e. The Morgan fingerprint density at radius 3 is 2.47 bits per heavy atom. The minimum absolute atomic E-state index is 0.592. The van der Waals surface area contributed by atoms with Gasteiger partial charge in [0.25, 0.3) is 0 Å². The van der Waals surface area contributed by atoms with Gasteiger partial charge in [-0.15, -0.1) is 0 Å². The number of imidazole rings is 1. The average Bonchev–Trinajstić information content (AvgIpc) is 3.07. The van der Waals surface area contributed by atoms with Crippen LogP contribution in [0.15, 0.2) is 36.8 Å². The molecule has 2 aromatic rings. The molecular weight excluding hydrogens is 208 g/mol. The van der Waals surface area contributed by atoms with Crippen LogP contribution in [0.4, 0.5) is 0 Å². The zero-order valence-corrected chi connectivity index (χ0v) is 10.4. The third kappa shape index (κ3) is 2.12. The maximum Gasteiger partial charge on any atom is 0.0995 e. The van der Waals surface area contributed by atoms with Gasteiger partial charge in [0.15, 0.2) is 0 Å². The van der Waals surface area contributed by atoms with Crippen molar-refractivity contribution in [3.8, 4) is 5.69 Å². The van der Waals surface area contributed by atoms with E-state index in [0.717, 1.165) is 5.92 Å². The summed E-state index contributed by atoms with van der Waals surface area (Å²) >= 11 is 0. The van der Waals surface area contributed by atoms with Crippen molar-refractivity contribution in [3.05, 3.63) is 48.0 Å². The van der Waals surface area contributed by atoms with E-state index in [9.17, 15) is 0 Å². The molecule has 17 heavy (non-hydrogen) atoms. The molecule has 0 spiro atoms. The summed E-state index contributed by atoms with van der Waals surface area (Å²) in [6.45, 7) is 4.44. The topological polar surface area (TPSA) is 17.8 Å². The van der Waals surface area contributed by atoms with Gasteiger partial charge in [-0.25, -0.2) is 4.98 Å². The molecule has 1 saturated carbocycles. The van der Waals surface area contributed by atoms with E-state index in [1.807, 2.05) is 6.33 Å². The molecule has 0 bridgehead atoms. The first kappa shape index (κ1) is 10.6. The second-order valence-electron chi connectivity index (χ2n) is 5.23. The molecule has 1 heterocycles. The summed E-state index contributed by atoms with van der Waals surface area (Å²) in [5.74, 6) is 1.32. The number of hydrogen-bond donors (Lipinski definition) is 0. The zero-order chi connectivity index (χ0) is 11.8. The zero-order valence-electron chi connectivity index (χ0n) is 10.4. The summed E-state index contributed by atoms with van der Waals surface area (Å²) in [6.07, 6.45) is 6.71. The molecule has 1 aromatic heterocycles. The summed E-state index contributed by atoms with van der Waals surface area (Å²) < 4.78 is 2.12. The fraction of sp³-hybridized carbons (Fsp3) is 0.400. The van der Waals surface area contributed by atoms with Crippen molar-refractivity contribution in [1.29, 1.82) is 0 Å². The second kappa shape index (κ2) is 4.02. The normalized spacial score (nSPS) is 15.5. The molecule has 1 aliphatic carbocycles. The van der Waals surface area contributed by atoms with Crippen LogP contribution in [-0.2, 0) is 0 Å². The van der Waals surface area contributed by atoms with E-state index in [0.29, 0.717) is 5.92 Å². The average molecular weight is 226 g/mol. The van der Waals surface area contributed by atoms with Crippen LogP contribution in [0.5, 0.6) is 0 Å². The minimum atomic E-state index is 0.592. The second-order valence-corrected chi connectivity index (χ2v) is 5.23. The van der Waals surface area contributed by atoms with E-state index >= 15 is 0 Å². The Morgan fingerprint density at radius 1 is 1.18 bits per heavy atom. The van der Waals surface area contributed by atoms with E-state index < -0.39 is 0 Å². The van der Waals surface area contributed by atoms with Crippen LogP contribution in [0.2, 0.25) is 0 Å². The standard InChI is InChI=1S/C15H18N2/c1-11(2)12-5-7-14(8-6-12)17-9-15(16-10-17)13-3-4-13/h5-11,13H,3-4H2,1-2H3. The molecule has 0 amide bonds. The lowest BCUT2D eigenvalue weighted by Crippen LogP contribution is -1.92. The molecule has 3 rings (SSSR count). The third-order valence-corrected chi connectivity index (χ3v) is 3.46. The first-order chi connectivity index (χ1) is 8.24. The van der Waals surface area contributed by atoms with Gasteiger partial charge in [-0.1, -0.05) is 26.0 Å². The summed E-state index contributed by atoms with van der Waals surface area (Å²) in [4.78, 5) is 4.48. The Balaban J connectivity index is 1.86. The number of aromatic nitrogens is 2. The van der Waals surface area contributed by atoms with Crippen LogP contribution < -0.4 is 0 Å². The highest BCUT2D eigenvalue weighted by atomic mass is 15.0. The highest BCUT2D eigenvalue weighted by molar-refractivity contribution is 5.36. The lowest BCUT2D eigenvalue weighted by molar-refractivity contribution is 0.865. The number of benzene rings is 1. The molecule has 1 fully saturated rings. The summed E-state index contributed by atoms with van der Waals surface area (Å²) in [5, 5.41) is 0. The van der Waals surface area contributed by atoms with E-state index in [4.69, 9.17) is 0 Å². The van der Waals surface area contributed by atoms with Crippen molar-refractivity contribution in [2.75, 3.05) is 0 Å². The maximum atomic E-state index is 4.48. The quantitative estimate of drug-likeness (QED) is 0.776. The van der Waals surface area contributed by atoms with Gasteiger partial charge in [0.05, 0.1) is 12.0 Å². The van der Waals surface area contributed by atoms with Crippen molar-refractivity contribution < 1.29 is 0 Å². The summed E-state index contributed by atoms with van der Waals surface area (Å²) in [6, 6.07) is 8.76. The molecule has 1 aliphatic rings. The molecule has 88 valence electrons. The van der Waals surface area contributed by atoms with Crippen LogP contribution in [-0.4, -0.2) is 9.55 Å². The predicted octanol–water partition coefficient (Wildman–Crippen LogP) is 3.87. The SMILES string of the molecule is CC(C)c1ccc(-n2cnc(C3CC3)c2)cc1. The fourth-order valence-corrected chi connectivity index (χ4v) is 2.10. The Labute approximate surface area is 102 Å². The maximum absolute atomic E-state index is 4.48. The van der Waals surface area contributed by atoms with Gasteiger partial charge >= 0.3 is 0 Å². The van der Waals surface area contributed by atoms with Crippen LogP contribution in [0.3, 0.4) is 0 Å². The predicted molar refractivity (Wildman–Crippen MR) is 69.6 cm³/mol. The fourth-order valence-electron chi connectivity index (χ4n) is 2.10. The largest absolute Gasteiger partial charge is 0.306 e. The molecule has 2 nitrogen and oxygen atoms in total. The van der Waals surface area contributed by atoms with Crippen molar-refractivity contribution >= 4 is 0 Å². The summed E-state index contributed by atoms with van der Waals surface area (Å²) in [5.41, 5.74) is 3.84. The van der Waals surface area contributed by atoms with E-state index in [1.54, 1.807) is 0 Å². The smallest absolute Gasteiger partial charge is 0.0995 e. The number of nitrogens with zero attached hydrogens (tertiary/aromatic N) is 2.